The third-order valence-corrected chi connectivity index (χ3v) is 4.30. The van der Waals surface area contributed by atoms with Crippen LogP contribution in [0.4, 0.5) is 0 Å². The minimum Gasteiger partial charge on any atom is -0.493 e. The van der Waals surface area contributed by atoms with Crippen LogP contribution in [0, 0.1) is 5.92 Å². The van der Waals surface area contributed by atoms with Gasteiger partial charge in [0.2, 0.25) is 5.91 Å². The van der Waals surface area contributed by atoms with E-state index >= 15 is 0 Å². The summed E-state index contributed by atoms with van der Waals surface area (Å²) in [5.41, 5.74) is 1.13. The molecular weight excluding hydrogens is 278 g/mol. The lowest BCUT2D eigenvalue weighted by Gasteiger charge is -2.26. The second kappa shape index (κ2) is 7.52. The number of carbonyl (C=O) groups is 1. The predicted octanol–water partition coefficient (Wildman–Crippen LogP) is 3.80. The molecule has 0 spiro atoms. The van der Waals surface area contributed by atoms with Crippen LogP contribution in [0.15, 0.2) is 18.2 Å². The third kappa shape index (κ3) is 3.73. The van der Waals surface area contributed by atoms with Crippen molar-refractivity contribution in [2.24, 2.45) is 5.92 Å². The molecule has 1 aliphatic heterocycles. The molecule has 1 unspecified atom stereocenters. The van der Waals surface area contributed by atoms with E-state index < -0.39 is 0 Å². The first-order valence-corrected chi connectivity index (χ1v) is 8.08. The van der Waals surface area contributed by atoms with Crippen molar-refractivity contribution in [3.63, 3.8) is 0 Å². The number of likely N-dealkylation sites (tertiary alicyclic amines) is 1. The summed E-state index contributed by atoms with van der Waals surface area (Å²) in [4.78, 5) is 14.5. The van der Waals surface area contributed by atoms with Crippen LogP contribution in [-0.2, 0) is 4.79 Å². The molecule has 0 radical (unpaired) electrons. The van der Waals surface area contributed by atoms with Gasteiger partial charge in [0.15, 0.2) is 11.5 Å². The highest BCUT2D eigenvalue weighted by atomic mass is 16.5. The number of ether oxygens (including phenoxy) is 2. The maximum atomic E-state index is 12.5. The highest BCUT2D eigenvalue weighted by Crippen LogP contribution is 2.37. The van der Waals surface area contributed by atoms with Crippen molar-refractivity contribution in [1.29, 1.82) is 0 Å². The molecular formula is C18H27NO3. The van der Waals surface area contributed by atoms with Crippen molar-refractivity contribution in [2.75, 3.05) is 20.8 Å². The fourth-order valence-electron chi connectivity index (χ4n) is 3.03. The molecule has 0 bridgehead atoms. The largest absolute Gasteiger partial charge is 0.493 e. The van der Waals surface area contributed by atoms with Crippen LogP contribution in [0.1, 0.15) is 51.1 Å². The standard InChI is InChI=1S/C18H27NO3/c1-13(2)7-10-18(20)19-11-5-6-15(19)14-8-9-16(21-3)17(12-14)22-4/h8-9,12-13,15H,5-7,10-11H2,1-4H3. The maximum Gasteiger partial charge on any atom is 0.223 e. The molecule has 2 rings (SSSR count). The van der Waals surface area contributed by atoms with Gasteiger partial charge in [0.25, 0.3) is 0 Å². The molecule has 4 heteroatoms. The van der Waals surface area contributed by atoms with Gasteiger partial charge in [0, 0.05) is 13.0 Å². The number of rotatable bonds is 6. The highest BCUT2D eigenvalue weighted by Gasteiger charge is 2.30. The van der Waals surface area contributed by atoms with Crippen molar-refractivity contribution in [1.82, 2.24) is 4.90 Å². The minimum absolute atomic E-state index is 0.166. The molecule has 0 aromatic heterocycles. The summed E-state index contributed by atoms with van der Waals surface area (Å²) in [5.74, 6) is 2.28. The molecule has 1 heterocycles. The Balaban J connectivity index is 2.14. The molecule has 1 atom stereocenters. The molecule has 1 aromatic carbocycles. The second-order valence-electron chi connectivity index (χ2n) is 6.29. The van der Waals surface area contributed by atoms with Crippen LogP contribution in [0.3, 0.4) is 0 Å². The number of methoxy groups -OCH3 is 2. The van der Waals surface area contributed by atoms with Gasteiger partial charge in [-0.25, -0.2) is 0 Å². The Kier molecular flexibility index (Phi) is 5.69. The lowest BCUT2D eigenvalue weighted by Crippen LogP contribution is -2.30. The Morgan fingerprint density at radius 1 is 1.27 bits per heavy atom. The summed E-state index contributed by atoms with van der Waals surface area (Å²) in [6.45, 7) is 5.17. The average Bonchev–Trinajstić information content (AvgIpc) is 3.01. The number of carbonyl (C=O) groups excluding carboxylic acids is 1. The Morgan fingerprint density at radius 3 is 2.64 bits per heavy atom. The summed E-state index contributed by atoms with van der Waals surface area (Å²) in [7, 11) is 3.27. The maximum absolute atomic E-state index is 12.5. The molecule has 1 fully saturated rings. The summed E-state index contributed by atoms with van der Waals surface area (Å²) >= 11 is 0. The van der Waals surface area contributed by atoms with E-state index in [9.17, 15) is 4.79 Å². The van der Waals surface area contributed by atoms with Crippen molar-refractivity contribution >= 4 is 5.91 Å². The minimum atomic E-state index is 0.166. The number of amides is 1. The van der Waals surface area contributed by atoms with Gasteiger partial charge in [-0.15, -0.1) is 0 Å². The monoisotopic (exact) mass is 305 g/mol. The summed E-state index contributed by atoms with van der Waals surface area (Å²) < 4.78 is 10.7. The van der Waals surface area contributed by atoms with E-state index in [0.717, 1.165) is 42.9 Å². The van der Waals surface area contributed by atoms with Crippen LogP contribution < -0.4 is 9.47 Å². The molecule has 0 saturated carbocycles. The Bertz CT molecular complexity index is 513. The first-order chi connectivity index (χ1) is 10.6. The molecule has 0 N–H and O–H groups in total. The summed E-state index contributed by atoms with van der Waals surface area (Å²) in [6, 6.07) is 6.13. The molecule has 4 nitrogen and oxygen atoms in total. The predicted molar refractivity (Wildman–Crippen MR) is 87.3 cm³/mol. The molecule has 1 aliphatic rings. The molecule has 0 aliphatic carbocycles. The molecule has 22 heavy (non-hydrogen) atoms. The second-order valence-corrected chi connectivity index (χ2v) is 6.29. The average molecular weight is 305 g/mol. The number of nitrogens with zero attached hydrogens (tertiary/aromatic N) is 1. The normalized spacial score (nSPS) is 17.9. The Labute approximate surface area is 133 Å². The fourth-order valence-corrected chi connectivity index (χ4v) is 3.03. The van der Waals surface area contributed by atoms with Crippen molar-refractivity contribution < 1.29 is 14.3 Å². The third-order valence-electron chi connectivity index (χ3n) is 4.30. The van der Waals surface area contributed by atoms with Gasteiger partial charge in [-0.3, -0.25) is 4.79 Å². The van der Waals surface area contributed by atoms with E-state index in [2.05, 4.69) is 13.8 Å². The zero-order valence-electron chi connectivity index (χ0n) is 14.1. The SMILES string of the molecule is COc1ccc(C2CCCN2C(=O)CCC(C)C)cc1OC. The summed E-state index contributed by atoms with van der Waals surface area (Å²) in [5, 5.41) is 0. The smallest absolute Gasteiger partial charge is 0.223 e. The molecule has 1 saturated heterocycles. The highest BCUT2D eigenvalue weighted by molar-refractivity contribution is 5.77. The van der Waals surface area contributed by atoms with Gasteiger partial charge in [-0.2, -0.15) is 0 Å². The van der Waals surface area contributed by atoms with Gasteiger partial charge >= 0.3 is 0 Å². The van der Waals surface area contributed by atoms with Crippen LogP contribution in [0.2, 0.25) is 0 Å². The van der Waals surface area contributed by atoms with Gasteiger partial charge in [0.05, 0.1) is 20.3 Å². The van der Waals surface area contributed by atoms with Crippen LogP contribution in [0.25, 0.3) is 0 Å². The van der Waals surface area contributed by atoms with Crippen LogP contribution in [-0.4, -0.2) is 31.6 Å². The number of hydrogen-bond acceptors (Lipinski definition) is 3. The lowest BCUT2D eigenvalue weighted by molar-refractivity contribution is -0.132. The molecule has 1 amide bonds. The Hall–Kier alpha value is -1.71. The number of benzene rings is 1. The first kappa shape index (κ1) is 16.7. The zero-order valence-corrected chi connectivity index (χ0v) is 14.1. The van der Waals surface area contributed by atoms with Gasteiger partial charge in [0.1, 0.15) is 0 Å². The topological polar surface area (TPSA) is 38.8 Å². The quantitative estimate of drug-likeness (QED) is 0.802. The van der Waals surface area contributed by atoms with Crippen LogP contribution in [0.5, 0.6) is 11.5 Å². The van der Waals surface area contributed by atoms with Crippen molar-refractivity contribution in [3.05, 3.63) is 23.8 Å². The van der Waals surface area contributed by atoms with Gasteiger partial charge < -0.3 is 14.4 Å². The summed E-state index contributed by atoms with van der Waals surface area (Å²) in [6.07, 6.45) is 3.67. The van der Waals surface area contributed by atoms with E-state index in [1.807, 2.05) is 23.1 Å². The van der Waals surface area contributed by atoms with E-state index in [1.165, 1.54) is 0 Å². The van der Waals surface area contributed by atoms with E-state index in [4.69, 9.17) is 9.47 Å². The fraction of sp³-hybridized carbons (Fsp3) is 0.611. The first-order valence-electron chi connectivity index (χ1n) is 8.08. The van der Waals surface area contributed by atoms with Crippen molar-refractivity contribution in [2.45, 2.75) is 45.6 Å². The van der Waals surface area contributed by atoms with E-state index in [0.29, 0.717) is 12.3 Å². The van der Waals surface area contributed by atoms with E-state index in [-0.39, 0.29) is 11.9 Å². The van der Waals surface area contributed by atoms with Crippen molar-refractivity contribution in [3.8, 4) is 11.5 Å². The van der Waals surface area contributed by atoms with Crippen LogP contribution >= 0.6 is 0 Å². The van der Waals surface area contributed by atoms with Gasteiger partial charge in [-0.1, -0.05) is 19.9 Å². The zero-order chi connectivity index (χ0) is 16.1. The van der Waals surface area contributed by atoms with Gasteiger partial charge in [-0.05, 0) is 42.9 Å². The molecule has 122 valence electrons. The lowest BCUT2D eigenvalue weighted by atomic mass is 10.0. The Morgan fingerprint density at radius 2 is 2.00 bits per heavy atom. The van der Waals surface area contributed by atoms with E-state index in [1.54, 1.807) is 14.2 Å². The molecule has 1 aromatic rings. The number of hydrogen-bond donors (Lipinski definition) is 0.